The minimum atomic E-state index is -0.606. The number of carbonyl (C=O) groups is 3. The van der Waals surface area contributed by atoms with E-state index in [1.54, 1.807) is 17.0 Å². The molecule has 1 aromatic heterocycles. The van der Waals surface area contributed by atoms with Crippen molar-refractivity contribution in [3.8, 4) is 0 Å². The number of nitrogens with zero attached hydrogens (tertiary/aromatic N) is 3. The molecule has 2 saturated heterocycles. The number of carbonyl (C=O) groups excluding carboxylic acids is 3. The zero-order valence-electron chi connectivity index (χ0n) is 11.4. The van der Waals surface area contributed by atoms with Crippen molar-refractivity contribution >= 4 is 17.8 Å². The van der Waals surface area contributed by atoms with Gasteiger partial charge in [-0.2, -0.15) is 0 Å². The average Bonchev–Trinajstić information content (AvgIpc) is 3.10. The van der Waals surface area contributed by atoms with Crippen LogP contribution in [0.25, 0.3) is 0 Å². The topological polar surface area (TPSA) is 74.1 Å². The van der Waals surface area contributed by atoms with Crippen LogP contribution in [0.5, 0.6) is 0 Å². The molecule has 0 aliphatic carbocycles. The highest BCUT2D eigenvalue weighted by molar-refractivity contribution is 6.05. The third-order valence-corrected chi connectivity index (χ3v) is 3.74. The summed E-state index contributed by atoms with van der Waals surface area (Å²) < 4.78 is 5.09. The summed E-state index contributed by atoms with van der Waals surface area (Å²) in [6.45, 7) is 4.66. The first kappa shape index (κ1) is 13.4. The Morgan fingerprint density at radius 1 is 1.43 bits per heavy atom. The van der Waals surface area contributed by atoms with E-state index in [1.807, 2.05) is 0 Å². The highest BCUT2D eigenvalue weighted by Crippen LogP contribution is 2.23. The summed E-state index contributed by atoms with van der Waals surface area (Å²) in [7, 11) is 0. The van der Waals surface area contributed by atoms with Crippen molar-refractivity contribution in [1.82, 2.24) is 14.7 Å². The van der Waals surface area contributed by atoms with Crippen molar-refractivity contribution in [1.29, 1.82) is 0 Å². The van der Waals surface area contributed by atoms with Crippen LogP contribution >= 0.6 is 0 Å². The molecule has 0 aromatic carbocycles. The lowest BCUT2D eigenvalue weighted by Gasteiger charge is -2.34. The molecule has 1 aromatic rings. The van der Waals surface area contributed by atoms with Gasteiger partial charge in [0.25, 0.3) is 11.8 Å². The fourth-order valence-electron chi connectivity index (χ4n) is 2.69. The molecule has 0 radical (unpaired) electrons. The molecule has 21 heavy (non-hydrogen) atoms. The van der Waals surface area contributed by atoms with E-state index in [-0.39, 0.29) is 36.7 Å². The van der Waals surface area contributed by atoms with Gasteiger partial charge in [-0.15, -0.1) is 6.58 Å². The maximum atomic E-state index is 12.2. The first-order chi connectivity index (χ1) is 10.1. The van der Waals surface area contributed by atoms with Crippen molar-refractivity contribution in [2.75, 3.05) is 26.2 Å². The minimum absolute atomic E-state index is 0.191. The SMILES string of the molecule is C=CCN1C(=O)[C@@H]2CN(C(=O)c3ccco3)CCN2C1=O. The molecule has 0 unspecified atom stereocenters. The normalized spacial score (nSPS) is 21.7. The van der Waals surface area contributed by atoms with Crippen LogP contribution in [0.3, 0.4) is 0 Å². The summed E-state index contributed by atoms with van der Waals surface area (Å²) >= 11 is 0. The van der Waals surface area contributed by atoms with E-state index in [2.05, 4.69) is 6.58 Å². The molecule has 7 heteroatoms. The van der Waals surface area contributed by atoms with E-state index in [9.17, 15) is 14.4 Å². The van der Waals surface area contributed by atoms with Crippen LogP contribution in [0.2, 0.25) is 0 Å². The first-order valence-electron chi connectivity index (χ1n) is 6.69. The molecule has 3 heterocycles. The molecule has 2 aliphatic rings. The largest absolute Gasteiger partial charge is 0.459 e. The summed E-state index contributed by atoms with van der Waals surface area (Å²) in [4.78, 5) is 40.8. The molecular weight excluding hydrogens is 274 g/mol. The van der Waals surface area contributed by atoms with Crippen molar-refractivity contribution in [2.45, 2.75) is 6.04 Å². The quantitative estimate of drug-likeness (QED) is 0.602. The van der Waals surface area contributed by atoms with Crippen LogP contribution in [0.4, 0.5) is 4.79 Å². The smallest absolute Gasteiger partial charge is 0.327 e. The molecule has 7 nitrogen and oxygen atoms in total. The van der Waals surface area contributed by atoms with Gasteiger partial charge in [-0.3, -0.25) is 14.5 Å². The standard InChI is InChI=1S/C14H15N3O4/c1-2-5-17-12(18)10-9-15(6-7-16(10)14(17)20)13(19)11-4-3-8-21-11/h2-4,8,10H,1,5-7,9H2/t10-/m0/s1. The van der Waals surface area contributed by atoms with Crippen LogP contribution in [-0.2, 0) is 4.79 Å². The van der Waals surface area contributed by atoms with Gasteiger partial charge in [-0.1, -0.05) is 6.08 Å². The third-order valence-electron chi connectivity index (χ3n) is 3.74. The Morgan fingerprint density at radius 3 is 2.90 bits per heavy atom. The van der Waals surface area contributed by atoms with Crippen LogP contribution in [0.1, 0.15) is 10.6 Å². The Hall–Kier alpha value is -2.57. The van der Waals surface area contributed by atoms with Crippen molar-refractivity contribution < 1.29 is 18.8 Å². The fraction of sp³-hybridized carbons (Fsp3) is 0.357. The number of fused-ring (bicyclic) bond motifs is 1. The van der Waals surface area contributed by atoms with Crippen molar-refractivity contribution in [2.24, 2.45) is 0 Å². The molecule has 1 atom stereocenters. The van der Waals surface area contributed by atoms with E-state index in [0.29, 0.717) is 13.1 Å². The molecule has 2 aliphatic heterocycles. The summed E-state index contributed by atoms with van der Waals surface area (Å²) in [5.74, 6) is -0.304. The second-order valence-corrected chi connectivity index (χ2v) is 4.96. The van der Waals surface area contributed by atoms with Crippen LogP contribution < -0.4 is 0 Å². The summed E-state index contributed by atoms with van der Waals surface area (Å²) in [6.07, 6.45) is 2.94. The second kappa shape index (κ2) is 5.08. The molecule has 0 spiro atoms. The van der Waals surface area contributed by atoms with E-state index >= 15 is 0 Å². The second-order valence-electron chi connectivity index (χ2n) is 4.96. The van der Waals surface area contributed by atoms with E-state index in [4.69, 9.17) is 4.42 Å². The first-order valence-corrected chi connectivity index (χ1v) is 6.69. The Kier molecular flexibility index (Phi) is 3.25. The van der Waals surface area contributed by atoms with Crippen molar-refractivity contribution in [3.63, 3.8) is 0 Å². The fourth-order valence-corrected chi connectivity index (χ4v) is 2.69. The van der Waals surface area contributed by atoms with Gasteiger partial charge < -0.3 is 14.2 Å². The van der Waals surface area contributed by atoms with Gasteiger partial charge in [0.1, 0.15) is 6.04 Å². The average molecular weight is 289 g/mol. The Labute approximate surface area is 121 Å². The molecule has 3 rings (SSSR count). The van der Waals surface area contributed by atoms with Gasteiger partial charge in [0.2, 0.25) is 0 Å². The van der Waals surface area contributed by atoms with Gasteiger partial charge in [0.15, 0.2) is 5.76 Å². The number of imide groups is 1. The molecule has 110 valence electrons. The molecule has 4 amide bonds. The number of rotatable bonds is 3. The number of piperazine rings is 1. The van der Waals surface area contributed by atoms with Gasteiger partial charge >= 0.3 is 6.03 Å². The molecular formula is C14H15N3O4. The maximum Gasteiger partial charge on any atom is 0.327 e. The Balaban J connectivity index is 1.76. The zero-order valence-corrected chi connectivity index (χ0v) is 11.4. The van der Waals surface area contributed by atoms with E-state index in [0.717, 1.165) is 0 Å². The van der Waals surface area contributed by atoms with Gasteiger partial charge in [0.05, 0.1) is 12.8 Å². The number of amides is 4. The summed E-state index contributed by atoms with van der Waals surface area (Å²) in [5.41, 5.74) is 0. The van der Waals surface area contributed by atoms with Gasteiger partial charge in [-0.05, 0) is 12.1 Å². The summed E-state index contributed by atoms with van der Waals surface area (Å²) in [5, 5.41) is 0. The predicted molar refractivity (Wildman–Crippen MR) is 72.4 cm³/mol. The predicted octanol–water partition coefficient (Wildman–Crippen LogP) is 0.554. The highest BCUT2D eigenvalue weighted by atomic mass is 16.3. The summed E-state index contributed by atoms with van der Waals surface area (Å²) in [6, 6.07) is 2.31. The molecule has 0 bridgehead atoms. The van der Waals surface area contributed by atoms with Gasteiger partial charge in [-0.25, -0.2) is 4.79 Å². The Morgan fingerprint density at radius 2 is 2.24 bits per heavy atom. The molecule has 0 saturated carbocycles. The van der Waals surface area contributed by atoms with Crippen LogP contribution in [-0.4, -0.2) is 64.8 Å². The highest BCUT2D eigenvalue weighted by Gasteiger charge is 2.48. The lowest BCUT2D eigenvalue weighted by Crippen LogP contribution is -2.54. The van der Waals surface area contributed by atoms with E-state index in [1.165, 1.54) is 22.1 Å². The number of hydrogen-bond acceptors (Lipinski definition) is 4. The Bertz CT molecular complexity index is 595. The maximum absolute atomic E-state index is 12.2. The number of furan rings is 1. The van der Waals surface area contributed by atoms with Crippen molar-refractivity contribution in [3.05, 3.63) is 36.8 Å². The molecule has 0 N–H and O–H groups in total. The third kappa shape index (κ3) is 2.10. The number of urea groups is 1. The lowest BCUT2D eigenvalue weighted by atomic mass is 10.1. The van der Waals surface area contributed by atoms with Gasteiger partial charge in [0, 0.05) is 19.6 Å². The molecule has 2 fully saturated rings. The monoisotopic (exact) mass is 289 g/mol. The van der Waals surface area contributed by atoms with Crippen LogP contribution in [0.15, 0.2) is 35.5 Å². The van der Waals surface area contributed by atoms with E-state index < -0.39 is 6.04 Å². The zero-order chi connectivity index (χ0) is 15.0. The lowest BCUT2D eigenvalue weighted by molar-refractivity contribution is -0.128. The van der Waals surface area contributed by atoms with Crippen LogP contribution in [0, 0.1) is 0 Å². The minimum Gasteiger partial charge on any atom is -0.459 e. The number of hydrogen-bond donors (Lipinski definition) is 0.